The van der Waals surface area contributed by atoms with Crippen molar-refractivity contribution in [2.75, 3.05) is 13.7 Å². The summed E-state index contributed by atoms with van der Waals surface area (Å²) in [5, 5.41) is 8.96. The molecule has 4 nitrogen and oxygen atoms in total. The van der Waals surface area contributed by atoms with Crippen molar-refractivity contribution in [2.45, 2.75) is 25.7 Å². The van der Waals surface area contributed by atoms with Crippen LogP contribution in [0.3, 0.4) is 0 Å². The Kier molecular flexibility index (Phi) is 5.16. The van der Waals surface area contributed by atoms with Crippen LogP contribution in [0.4, 0.5) is 0 Å². The summed E-state index contributed by atoms with van der Waals surface area (Å²) in [6.45, 7) is 0.781. The van der Waals surface area contributed by atoms with Gasteiger partial charge in [-0.05, 0) is 49.3 Å². The molecule has 1 aliphatic carbocycles. The first-order chi connectivity index (χ1) is 9.69. The van der Waals surface area contributed by atoms with Gasteiger partial charge in [-0.25, -0.2) is 0 Å². The smallest absolute Gasteiger partial charge is 0.306 e. The summed E-state index contributed by atoms with van der Waals surface area (Å²) in [5.74, 6) is 0.556. The van der Waals surface area contributed by atoms with Crippen LogP contribution in [0.1, 0.15) is 31.2 Å². The van der Waals surface area contributed by atoms with Crippen LogP contribution in [0.15, 0.2) is 29.3 Å². The zero-order chi connectivity index (χ0) is 14.4. The van der Waals surface area contributed by atoms with Gasteiger partial charge in [-0.1, -0.05) is 12.1 Å². The lowest BCUT2D eigenvalue weighted by atomic mass is 9.82. The standard InChI is InChI=1S/C16H21NO3/c1-20-15-4-2-3-13(9-15)11-17-10-12-5-7-14(8-6-12)16(18)19/h2-4,9,11-12,14H,5-8,10H2,1H3,(H,18,19)/t12-,14-. The molecular weight excluding hydrogens is 254 g/mol. The first-order valence-electron chi connectivity index (χ1n) is 7.05. The third-order valence-corrected chi connectivity index (χ3v) is 3.89. The molecule has 1 aliphatic rings. The second kappa shape index (κ2) is 7.08. The Morgan fingerprint density at radius 1 is 1.40 bits per heavy atom. The predicted octanol–water partition coefficient (Wildman–Crippen LogP) is 3.01. The molecule has 0 aromatic heterocycles. The highest BCUT2D eigenvalue weighted by molar-refractivity contribution is 5.80. The van der Waals surface area contributed by atoms with E-state index in [0.29, 0.717) is 5.92 Å². The summed E-state index contributed by atoms with van der Waals surface area (Å²) in [5.41, 5.74) is 1.03. The monoisotopic (exact) mass is 275 g/mol. The molecule has 108 valence electrons. The summed E-state index contributed by atoms with van der Waals surface area (Å²) in [6, 6.07) is 7.79. The largest absolute Gasteiger partial charge is 0.497 e. The molecule has 0 radical (unpaired) electrons. The van der Waals surface area contributed by atoms with Crippen molar-refractivity contribution in [3.63, 3.8) is 0 Å². The minimum Gasteiger partial charge on any atom is -0.497 e. The summed E-state index contributed by atoms with van der Waals surface area (Å²) >= 11 is 0. The van der Waals surface area contributed by atoms with Gasteiger partial charge in [-0.2, -0.15) is 0 Å². The minimum atomic E-state index is -0.650. The third kappa shape index (κ3) is 4.08. The van der Waals surface area contributed by atoms with Gasteiger partial charge in [0.1, 0.15) is 5.75 Å². The fraction of sp³-hybridized carbons (Fsp3) is 0.500. The van der Waals surface area contributed by atoms with Crippen LogP contribution in [-0.4, -0.2) is 30.9 Å². The number of ether oxygens (including phenoxy) is 1. The maximum absolute atomic E-state index is 10.9. The molecule has 0 atom stereocenters. The highest BCUT2D eigenvalue weighted by atomic mass is 16.5. The van der Waals surface area contributed by atoms with Gasteiger partial charge >= 0.3 is 5.97 Å². The molecular formula is C16H21NO3. The second-order valence-electron chi connectivity index (χ2n) is 5.33. The maximum Gasteiger partial charge on any atom is 0.306 e. The van der Waals surface area contributed by atoms with E-state index in [1.807, 2.05) is 30.5 Å². The van der Waals surface area contributed by atoms with Crippen LogP contribution in [0.25, 0.3) is 0 Å². The van der Waals surface area contributed by atoms with Crippen LogP contribution in [-0.2, 0) is 4.79 Å². The number of carboxylic acids is 1. The van der Waals surface area contributed by atoms with Gasteiger partial charge in [0.25, 0.3) is 0 Å². The van der Waals surface area contributed by atoms with Crippen LogP contribution < -0.4 is 4.74 Å². The molecule has 1 aromatic rings. The zero-order valence-electron chi connectivity index (χ0n) is 11.8. The number of hydrogen-bond acceptors (Lipinski definition) is 3. The van der Waals surface area contributed by atoms with E-state index in [-0.39, 0.29) is 5.92 Å². The van der Waals surface area contributed by atoms with Gasteiger partial charge in [0, 0.05) is 12.8 Å². The van der Waals surface area contributed by atoms with E-state index in [2.05, 4.69) is 4.99 Å². The Morgan fingerprint density at radius 3 is 2.80 bits per heavy atom. The Morgan fingerprint density at radius 2 is 2.15 bits per heavy atom. The Bertz CT molecular complexity index is 476. The lowest BCUT2D eigenvalue weighted by Crippen LogP contribution is -2.22. The van der Waals surface area contributed by atoms with Gasteiger partial charge < -0.3 is 9.84 Å². The van der Waals surface area contributed by atoms with Gasteiger partial charge in [0.05, 0.1) is 13.0 Å². The number of hydrogen-bond donors (Lipinski definition) is 1. The van der Waals surface area contributed by atoms with E-state index in [1.54, 1.807) is 7.11 Å². The Labute approximate surface area is 119 Å². The van der Waals surface area contributed by atoms with Crippen LogP contribution >= 0.6 is 0 Å². The Hall–Kier alpha value is -1.84. The minimum absolute atomic E-state index is 0.145. The molecule has 1 N–H and O–H groups in total. The number of benzene rings is 1. The summed E-state index contributed by atoms with van der Waals surface area (Å²) in [7, 11) is 1.65. The number of nitrogens with zero attached hydrogens (tertiary/aromatic N) is 1. The molecule has 0 spiro atoms. The molecule has 2 rings (SSSR count). The number of rotatable bonds is 5. The maximum atomic E-state index is 10.9. The van der Waals surface area contributed by atoms with Crippen LogP contribution in [0.5, 0.6) is 5.75 Å². The highest BCUT2D eigenvalue weighted by Gasteiger charge is 2.25. The van der Waals surface area contributed by atoms with Crippen molar-refractivity contribution in [2.24, 2.45) is 16.8 Å². The van der Waals surface area contributed by atoms with Gasteiger partial charge in [-0.15, -0.1) is 0 Å². The van der Waals surface area contributed by atoms with Gasteiger partial charge in [0.2, 0.25) is 0 Å². The molecule has 1 aromatic carbocycles. The highest BCUT2D eigenvalue weighted by Crippen LogP contribution is 2.29. The second-order valence-corrected chi connectivity index (χ2v) is 5.33. The van der Waals surface area contributed by atoms with Crippen molar-refractivity contribution in [3.05, 3.63) is 29.8 Å². The average Bonchev–Trinajstić information content (AvgIpc) is 2.48. The fourth-order valence-corrected chi connectivity index (χ4v) is 2.62. The molecule has 20 heavy (non-hydrogen) atoms. The first-order valence-corrected chi connectivity index (χ1v) is 7.05. The third-order valence-electron chi connectivity index (χ3n) is 3.89. The molecule has 0 saturated heterocycles. The number of carbonyl (C=O) groups is 1. The van der Waals surface area contributed by atoms with E-state index >= 15 is 0 Å². The van der Waals surface area contributed by atoms with Gasteiger partial charge in [-0.3, -0.25) is 9.79 Å². The van der Waals surface area contributed by atoms with Gasteiger partial charge in [0.15, 0.2) is 0 Å². The number of aliphatic carboxylic acids is 1. The normalized spacial score (nSPS) is 22.9. The topological polar surface area (TPSA) is 58.9 Å². The van der Waals surface area contributed by atoms with Crippen LogP contribution in [0, 0.1) is 11.8 Å². The quantitative estimate of drug-likeness (QED) is 0.840. The van der Waals surface area contributed by atoms with Crippen LogP contribution in [0.2, 0.25) is 0 Å². The molecule has 1 fully saturated rings. The Balaban J connectivity index is 1.80. The number of aliphatic imine (C=N–C) groups is 1. The molecule has 1 saturated carbocycles. The van der Waals surface area contributed by atoms with E-state index < -0.39 is 5.97 Å². The van der Waals surface area contributed by atoms with E-state index in [0.717, 1.165) is 43.5 Å². The molecule has 0 unspecified atom stereocenters. The average molecular weight is 275 g/mol. The van der Waals surface area contributed by atoms with E-state index in [4.69, 9.17) is 9.84 Å². The van der Waals surface area contributed by atoms with Crippen molar-refractivity contribution < 1.29 is 14.6 Å². The summed E-state index contributed by atoms with van der Waals surface area (Å²) < 4.78 is 5.17. The summed E-state index contributed by atoms with van der Waals surface area (Å²) in [6.07, 6.45) is 5.37. The van der Waals surface area contributed by atoms with E-state index in [9.17, 15) is 4.79 Å². The lowest BCUT2D eigenvalue weighted by molar-refractivity contribution is -0.143. The first kappa shape index (κ1) is 14.6. The molecule has 0 amide bonds. The molecule has 0 bridgehead atoms. The fourth-order valence-electron chi connectivity index (χ4n) is 2.62. The van der Waals surface area contributed by atoms with Crippen molar-refractivity contribution in [1.82, 2.24) is 0 Å². The zero-order valence-corrected chi connectivity index (χ0v) is 11.8. The number of methoxy groups -OCH3 is 1. The van der Waals surface area contributed by atoms with E-state index in [1.165, 1.54) is 0 Å². The predicted molar refractivity (Wildman–Crippen MR) is 78.5 cm³/mol. The van der Waals surface area contributed by atoms with Crippen molar-refractivity contribution in [3.8, 4) is 5.75 Å². The molecule has 4 heteroatoms. The number of carboxylic acid groups (broad SMARTS) is 1. The SMILES string of the molecule is COc1cccc(C=NC[C@H]2CC[C@H](C(=O)O)CC2)c1. The van der Waals surface area contributed by atoms with Crippen molar-refractivity contribution in [1.29, 1.82) is 0 Å². The van der Waals surface area contributed by atoms with Crippen molar-refractivity contribution >= 4 is 12.2 Å². The molecule has 0 aliphatic heterocycles. The summed E-state index contributed by atoms with van der Waals surface area (Å²) in [4.78, 5) is 15.4. The molecule has 0 heterocycles. The lowest BCUT2D eigenvalue weighted by Gasteiger charge is -2.24.